The summed E-state index contributed by atoms with van der Waals surface area (Å²) in [5, 5.41) is 11.2. The first-order valence-corrected chi connectivity index (χ1v) is 8.97. The largest absolute Gasteiger partial charge is 0.289 e. The molecule has 26 heavy (non-hydrogen) atoms. The van der Waals surface area contributed by atoms with Crippen LogP contribution in [0.3, 0.4) is 0 Å². The van der Waals surface area contributed by atoms with Gasteiger partial charge in [0.05, 0.1) is 11.4 Å². The van der Waals surface area contributed by atoms with Crippen LogP contribution in [0.25, 0.3) is 11.3 Å². The van der Waals surface area contributed by atoms with Gasteiger partial charge >= 0.3 is 0 Å². The Morgan fingerprint density at radius 3 is 2.65 bits per heavy atom. The standard InChI is InChI=1S/C20H19BrN4O/c1-12-7-8-16(9-13(12)2)18-11-19(24-23-18)20(26)25-22-14(3)15-5-4-6-17(21)10-15/h4-11H,1-3H3,(H,23,24)(H,25,26)/b22-14-. The third-order valence-electron chi connectivity index (χ3n) is 4.19. The second-order valence-electron chi connectivity index (χ2n) is 6.11. The van der Waals surface area contributed by atoms with E-state index in [0.29, 0.717) is 11.4 Å². The molecule has 2 N–H and O–H groups in total. The summed E-state index contributed by atoms with van der Waals surface area (Å²) in [4.78, 5) is 12.3. The SMILES string of the molecule is C/C(=N/NC(=O)c1cc(-c2ccc(C)c(C)c2)n[nH]1)c1cccc(Br)c1. The van der Waals surface area contributed by atoms with Crippen molar-refractivity contribution in [3.05, 3.63) is 75.4 Å². The normalized spacial score (nSPS) is 11.5. The maximum absolute atomic E-state index is 12.3. The first-order valence-electron chi connectivity index (χ1n) is 8.17. The van der Waals surface area contributed by atoms with E-state index in [1.165, 1.54) is 11.1 Å². The Kier molecular flexibility index (Phi) is 5.32. The molecule has 0 saturated heterocycles. The summed E-state index contributed by atoms with van der Waals surface area (Å²) >= 11 is 3.43. The average Bonchev–Trinajstić information content (AvgIpc) is 3.12. The van der Waals surface area contributed by atoms with Crippen LogP contribution in [0.2, 0.25) is 0 Å². The topological polar surface area (TPSA) is 70.1 Å². The van der Waals surface area contributed by atoms with Crippen LogP contribution in [-0.2, 0) is 0 Å². The Balaban J connectivity index is 1.74. The van der Waals surface area contributed by atoms with Gasteiger partial charge in [-0.05, 0) is 61.7 Å². The van der Waals surface area contributed by atoms with Gasteiger partial charge in [-0.3, -0.25) is 9.89 Å². The van der Waals surface area contributed by atoms with E-state index in [2.05, 4.69) is 56.6 Å². The van der Waals surface area contributed by atoms with Crippen molar-refractivity contribution < 1.29 is 4.79 Å². The molecule has 3 rings (SSSR count). The highest BCUT2D eigenvalue weighted by molar-refractivity contribution is 9.10. The molecule has 2 aromatic carbocycles. The van der Waals surface area contributed by atoms with Gasteiger partial charge in [-0.1, -0.05) is 40.2 Å². The first kappa shape index (κ1) is 18.1. The summed E-state index contributed by atoms with van der Waals surface area (Å²) < 4.78 is 0.961. The number of aromatic nitrogens is 2. The second kappa shape index (κ2) is 7.66. The van der Waals surface area contributed by atoms with Crippen LogP contribution in [0.4, 0.5) is 0 Å². The van der Waals surface area contributed by atoms with Gasteiger partial charge in [-0.25, -0.2) is 5.43 Å². The molecule has 0 aliphatic heterocycles. The molecule has 0 unspecified atom stereocenters. The molecule has 5 nitrogen and oxygen atoms in total. The van der Waals surface area contributed by atoms with Gasteiger partial charge in [-0.2, -0.15) is 10.2 Å². The van der Waals surface area contributed by atoms with Crippen LogP contribution < -0.4 is 5.43 Å². The molecular formula is C20H19BrN4O. The van der Waals surface area contributed by atoms with E-state index in [4.69, 9.17) is 0 Å². The zero-order chi connectivity index (χ0) is 18.7. The number of halogens is 1. The molecule has 0 spiro atoms. The Labute approximate surface area is 160 Å². The maximum atomic E-state index is 12.3. The molecule has 1 heterocycles. The minimum Gasteiger partial charge on any atom is -0.272 e. The molecule has 0 fully saturated rings. The van der Waals surface area contributed by atoms with Crippen LogP contribution in [0.15, 0.2) is 58.1 Å². The van der Waals surface area contributed by atoms with Crippen molar-refractivity contribution in [2.75, 3.05) is 0 Å². The van der Waals surface area contributed by atoms with Gasteiger partial charge in [0.15, 0.2) is 0 Å². The molecule has 6 heteroatoms. The molecule has 0 aliphatic rings. The highest BCUT2D eigenvalue weighted by Gasteiger charge is 2.11. The van der Waals surface area contributed by atoms with Crippen molar-refractivity contribution in [1.82, 2.24) is 15.6 Å². The fourth-order valence-electron chi connectivity index (χ4n) is 2.46. The number of hydrazone groups is 1. The van der Waals surface area contributed by atoms with Crippen LogP contribution in [-0.4, -0.2) is 21.8 Å². The summed E-state index contributed by atoms with van der Waals surface area (Å²) in [5.74, 6) is -0.332. The minimum absolute atomic E-state index is 0.332. The fourth-order valence-corrected chi connectivity index (χ4v) is 2.86. The van der Waals surface area contributed by atoms with Crippen molar-refractivity contribution in [3.63, 3.8) is 0 Å². The Bertz CT molecular complexity index is 991. The lowest BCUT2D eigenvalue weighted by molar-refractivity contribution is 0.0950. The van der Waals surface area contributed by atoms with E-state index in [-0.39, 0.29) is 5.91 Å². The van der Waals surface area contributed by atoms with Gasteiger partial charge in [0, 0.05) is 10.0 Å². The quantitative estimate of drug-likeness (QED) is 0.486. The van der Waals surface area contributed by atoms with E-state index in [0.717, 1.165) is 21.3 Å². The Morgan fingerprint density at radius 1 is 1.12 bits per heavy atom. The number of aromatic amines is 1. The van der Waals surface area contributed by atoms with E-state index in [1.54, 1.807) is 6.07 Å². The van der Waals surface area contributed by atoms with Crippen LogP contribution in [0.1, 0.15) is 34.1 Å². The third-order valence-corrected chi connectivity index (χ3v) is 4.69. The van der Waals surface area contributed by atoms with E-state index >= 15 is 0 Å². The van der Waals surface area contributed by atoms with Gasteiger partial charge in [0.25, 0.3) is 5.91 Å². The lowest BCUT2D eigenvalue weighted by Gasteiger charge is -2.02. The predicted molar refractivity (Wildman–Crippen MR) is 107 cm³/mol. The lowest BCUT2D eigenvalue weighted by Crippen LogP contribution is -2.19. The number of H-pyrrole nitrogens is 1. The van der Waals surface area contributed by atoms with E-state index < -0.39 is 0 Å². The van der Waals surface area contributed by atoms with Crippen LogP contribution in [0.5, 0.6) is 0 Å². The van der Waals surface area contributed by atoms with E-state index in [9.17, 15) is 4.79 Å². The number of amides is 1. The Hall–Kier alpha value is -2.73. The Morgan fingerprint density at radius 2 is 1.92 bits per heavy atom. The third kappa shape index (κ3) is 4.08. The van der Waals surface area contributed by atoms with Crippen LogP contribution >= 0.6 is 15.9 Å². The predicted octanol–water partition coefficient (Wildman–Crippen LogP) is 4.61. The van der Waals surface area contributed by atoms with Crippen molar-refractivity contribution in [2.24, 2.45) is 5.10 Å². The van der Waals surface area contributed by atoms with Gasteiger partial charge < -0.3 is 0 Å². The summed E-state index contributed by atoms with van der Waals surface area (Å²) in [6.07, 6.45) is 0. The zero-order valence-electron chi connectivity index (χ0n) is 14.8. The van der Waals surface area contributed by atoms with Crippen molar-refractivity contribution in [1.29, 1.82) is 0 Å². The molecule has 0 bridgehead atoms. The number of benzene rings is 2. The van der Waals surface area contributed by atoms with Crippen molar-refractivity contribution in [2.45, 2.75) is 20.8 Å². The molecule has 0 atom stereocenters. The first-order chi connectivity index (χ1) is 12.4. The maximum Gasteiger partial charge on any atom is 0.289 e. The van der Waals surface area contributed by atoms with E-state index in [1.807, 2.05) is 43.3 Å². The number of hydrogen-bond donors (Lipinski definition) is 2. The number of rotatable bonds is 4. The number of carbonyl (C=O) groups is 1. The van der Waals surface area contributed by atoms with Gasteiger partial charge in [0.1, 0.15) is 5.69 Å². The molecule has 1 aromatic heterocycles. The second-order valence-corrected chi connectivity index (χ2v) is 7.03. The molecule has 0 aliphatic carbocycles. The smallest absolute Gasteiger partial charge is 0.272 e. The van der Waals surface area contributed by atoms with Crippen LogP contribution in [0, 0.1) is 13.8 Å². The van der Waals surface area contributed by atoms with Crippen molar-refractivity contribution in [3.8, 4) is 11.3 Å². The fraction of sp³-hybridized carbons (Fsp3) is 0.150. The highest BCUT2D eigenvalue weighted by Crippen LogP contribution is 2.21. The number of aryl methyl sites for hydroxylation is 2. The summed E-state index contributed by atoms with van der Waals surface area (Å²) in [7, 11) is 0. The van der Waals surface area contributed by atoms with Gasteiger partial charge in [0.2, 0.25) is 0 Å². The van der Waals surface area contributed by atoms with Gasteiger partial charge in [-0.15, -0.1) is 0 Å². The monoisotopic (exact) mass is 410 g/mol. The molecular weight excluding hydrogens is 392 g/mol. The number of nitrogens with one attached hydrogen (secondary N) is 2. The number of carbonyl (C=O) groups excluding carboxylic acids is 1. The molecule has 132 valence electrons. The molecule has 1 amide bonds. The average molecular weight is 411 g/mol. The number of hydrogen-bond acceptors (Lipinski definition) is 3. The summed E-state index contributed by atoms with van der Waals surface area (Å²) in [6.45, 7) is 5.96. The van der Waals surface area contributed by atoms with Crippen molar-refractivity contribution >= 4 is 27.5 Å². The molecule has 3 aromatic rings. The highest BCUT2D eigenvalue weighted by atomic mass is 79.9. The molecule has 0 radical (unpaired) electrons. The number of nitrogens with zero attached hydrogens (tertiary/aromatic N) is 2. The molecule has 0 saturated carbocycles. The summed E-state index contributed by atoms with van der Waals surface area (Å²) in [6, 6.07) is 15.6. The zero-order valence-corrected chi connectivity index (χ0v) is 16.4. The minimum atomic E-state index is -0.332. The lowest BCUT2D eigenvalue weighted by atomic mass is 10.0. The summed E-state index contributed by atoms with van der Waals surface area (Å²) in [5.41, 5.74) is 8.68.